The van der Waals surface area contributed by atoms with Gasteiger partial charge in [-0.2, -0.15) is 47.9 Å². The Kier molecular flexibility index (Phi) is 8.29. The van der Waals surface area contributed by atoms with Crippen LogP contribution in [0.2, 0.25) is 0 Å². The molecule has 4 nitrogen and oxygen atoms in total. The monoisotopic (exact) mass is 620 g/mol. The van der Waals surface area contributed by atoms with E-state index in [1.54, 1.807) is 0 Å². The van der Waals surface area contributed by atoms with Crippen molar-refractivity contribution < 1.29 is 56.3 Å². The molecule has 3 aromatic carbocycles. The third-order valence-corrected chi connectivity index (χ3v) is 10.9. The molecule has 220 valence electrons. The Bertz CT molecular complexity index is 1400. The molecule has 0 unspecified atom stereocenters. The van der Waals surface area contributed by atoms with E-state index in [0.29, 0.717) is 16.9 Å². The number of rotatable bonds is 9. The summed E-state index contributed by atoms with van der Waals surface area (Å²) in [5.74, 6) is -14.6. The first kappa shape index (κ1) is 31.6. The Balaban J connectivity index is 2.42. The number of methoxy groups -OCH3 is 1. The lowest BCUT2D eigenvalue weighted by molar-refractivity contribution is -0.382. The normalized spacial score (nSPS) is 14.2. The highest BCUT2D eigenvalue weighted by molar-refractivity contribution is 8.33. The third kappa shape index (κ3) is 4.91. The van der Waals surface area contributed by atoms with Crippen LogP contribution in [0.5, 0.6) is 5.75 Å². The molecule has 0 atom stereocenters. The van der Waals surface area contributed by atoms with Crippen molar-refractivity contribution in [2.45, 2.75) is 51.8 Å². The molecular formula is C25H21F9O4S2. The third-order valence-electron chi connectivity index (χ3n) is 5.74. The number of alkyl halides is 9. The van der Waals surface area contributed by atoms with Gasteiger partial charge in [-0.25, -0.2) is 3.63 Å². The fourth-order valence-electron chi connectivity index (χ4n) is 3.84. The molecule has 0 saturated carbocycles. The quantitative estimate of drug-likeness (QED) is 0.226. The van der Waals surface area contributed by atoms with Gasteiger partial charge in [0.05, 0.1) is 7.11 Å². The highest BCUT2D eigenvalue weighted by Crippen LogP contribution is 2.71. The SMILES string of the molecule is COc1c(C)cc(S(OS(=O)(=O)C(F)(F)C(F)(F)C(F)(F)C(F)(F)F)(c2ccccc2)c2ccccc2)cc1C. The standard InChI is InChI=1S/C25H21F9O4S2/c1-16-14-20(15-17(2)21(16)37-3)39(18-10-6-4-7-11-18,19-12-8-5-9-13-19)38-40(35,36)25(33,34)23(28,29)22(26,27)24(30,31)32/h4-15H,1-3H3. The minimum atomic E-state index is -7.46. The molecule has 0 heterocycles. The maximum atomic E-state index is 14.9. The molecule has 0 amide bonds. The van der Waals surface area contributed by atoms with Gasteiger partial charge in [-0.05, 0) is 71.7 Å². The molecular weight excluding hydrogens is 599 g/mol. The average Bonchev–Trinajstić information content (AvgIpc) is 2.87. The molecule has 0 radical (unpaired) electrons. The Morgan fingerprint density at radius 3 is 1.38 bits per heavy atom. The average molecular weight is 621 g/mol. The van der Waals surface area contributed by atoms with Crippen molar-refractivity contribution >= 4 is 20.4 Å². The summed E-state index contributed by atoms with van der Waals surface area (Å²) in [7, 11) is -10.0. The lowest BCUT2D eigenvalue weighted by atomic mass is 10.1. The fraction of sp³-hybridized carbons (Fsp3) is 0.280. The summed E-state index contributed by atoms with van der Waals surface area (Å²) in [5.41, 5.74) is 0.644. The molecule has 0 aromatic heterocycles. The van der Waals surface area contributed by atoms with Crippen LogP contribution in [0.15, 0.2) is 87.5 Å². The molecule has 3 rings (SSSR count). The fourth-order valence-corrected chi connectivity index (χ4v) is 9.23. The van der Waals surface area contributed by atoms with Crippen molar-refractivity contribution in [3.8, 4) is 5.75 Å². The highest BCUT2D eigenvalue weighted by Gasteiger charge is 2.86. The van der Waals surface area contributed by atoms with Crippen molar-refractivity contribution in [3.05, 3.63) is 83.9 Å². The topological polar surface area (TPSA) is 52.6 Å². The molecule has 40 heavy (non-hydrogen) atoms. The zero-order chi connectivity index (χ0) is 30.4. The number of ether oxygens (including phenoxy) is 1. The van der Waals surface area contributed by atoms with E-state index in [1.165, 1.54) is 93.8 Å². The van der Waals surface area contributed by atoms with Gasteiger partial charge >= 0.3 is 33.4 Å². The minimum Gasteiger partial charge on any atom is -0.496 e. The number of aryl methyl sites for hydroxylation is 2. The second-order valence-corrected chi connectivity index (χ2v) is 12.9. The van der Waals surface area contributed by atoms with Gasteiger partial charge in [0.15, 0.2) is 0 Å². The summed E-state index contributed by atoms with van der Waals surface area (Å²) in [4.78, 5) is -0.517. The molecule has 0 saturated heterocycles. The molecule has 0 aliphatic rings. The molecule has 0 fully saturated rings. The molecule has 0 aliphatic carbocycles. The van der Waals surface area contributed by atoms with Crippen LogP contribution in [-0.2, 0) is 13.7 Å². The predicted octanol–water partition coefficient (Wildman–Crippen LogP) is 8.28. The van der Waals surface area contributed by atoms with Crippen molar-refractivity contribution in [1.82, 2.24) is 0 Å². The first-order valence-electron chi connectivity index (χ1n) is 11.0. The van der Waals surface area contributed by atoms with Gasteiger partial charge in [-0.1, -0.05) is 36.4 Å². The molecule has 15 heteroatoms. The van der Waals surface area contributed by atoms with Gasteiger partial charge in [-0.15, -0.1) is 0 Å². The van der Waals surface area contributed by atoms with Gasteiger partial charge in [0.1, 0.15) is 5.75 Å². The van der Waals surface area contributed by atoms with Crippen LogP contribution < -0.4 is 4.74 Å². The lowest BCUT2D eigenvalue weighted by Crippen LogP contribution is -2.63. The zero-order valence-corrected chi connectivity index (χ0v) is 22.4. The van der Waals surface area contributed by atoms with Crippen LogP contribution in [0.3, 0.4) is 0 Å². The van der Waals surface area contributed by atoms with Crippen LogP contribution >= 0.6 is 10.3 Å². The Morgan fingerprint density at radius 1 is 0.625 bits per heavy atom. The van der Waals surface area contributed by atoms with Gasteiger partial charge in [-0.3, -0.25) is 0 Å². The van der Waals surface area contributed by atoms with Crippen molar-refractivity contribution in [2.24, 2.45) is 0 Å². The summed E-state index contributed by atoms with van der Waals surface area (Å²) in [6.45, 7) is 2.99. The van der Waals surface area contributed by atoms with Crippen LogP contribution in [0.1, 0.15) is 11.1 Å². The summed E-state index contributed by atoms with van der Waals surface area (Å²) in [6, 6.07) is 15.6. The van der Waals surface area contributed by atoms with E-state index in [4.69, 9.17) is 8.37 Å². The van der Waals surface area contributed by atoms with Crippen molar-refractivity contribution in [2.75, 3.05) is 7.11 Å². The van der Waals surface area contributed by atoms with E-state index in [9.17, 15) is 47.9 Å². The van der Waals surface area contributed by atoms with Crippen LogP contribution in [0.25, 0.3) is 0 Å². The van der Waals surface area contributed by atoms with E-state index in [2.05, 4.69) is 0 Å². The predicted molar refractivity (Wildman–Crippen MR) is 129 cm³/mol. The minimum absolute atomic E-state index is 0.171. The lowest BCUT2D eigenvalue weighted by Gasteiger charge is -2.41. The molecule has 0 bridgehead atoms. The van der Waals surface area contributed by atoms with E-state index in [-0.39, 0.29) is 14.7 Å². The Morgan fingerprint density at radius 2 is 1.02 bits per heavy atom. The van der Waals surface area contributed by atoms with Crippen molar-refractivity contribution in [1.29, 1.82) is 0 Å². The molecule has 0 aliphatic heterocycles. The van der Waals surface area contributed by atoms with E-state index in [0.717, 1.165) is 0 Å². The molecule has 0 spiro atoms. The van der Waals surface area contributed by atoms with Gasteiger partial charge in [0.25, 0.3) is 0 Å². The number of hydrogen-bond acceptors (Lipinski definition) is 4. The van der Waals surface area contributed by atoms with Crippen molar-refractivity contribution in [3.63, 3.8) is 0 Å². The highest BCUT2D eigenvalue weighted by atomic mass is 32.3. The first-order valence-corrected chi connectivity index (χ1v) is 14.0. The van der Waals surface area contributed by atoms with Crippen LogP contribution in [0, 0.1) is 13.8 Å². The maximum absolute atomic E-state index is 14.9. The summed E-state index contributed by atoms with van der Waals surface area (Å²) < 4.78 is 160. The summed E-state index contributed by atoms with van der Waals surface area (Å²) in [6.07, 6.45) is -7.22. The van der Waals surface area contributed by atoms with Gasteiger partial charge in [0.2, 0.25) is 0 Å². The van der Waals surface area contributed by atoms with Gasteiger partial charge in [0, 0.05) is 14.7 Å². The van der Waals surface area contributed by atoms with E-state index < -0.39 is 43.7 Å². The Labute approximate surface area is 225 Å². The molecule has 0 N–H and O–H groups in total. The van der Waals surface area contributed by atoms with E-state index in [1.807, 2.05) is 0 Å². The van der Waals surface area contributed by atoms with E-state index >= 15 is 0 Å². The summed E-state index contributed by atoms with van der Waals surface area (Å²) >= 11 is 0. The Hall–Kier alpha value is -2.91. The maximum Gasteiger partial charge on any atom is 0.460 e. The summed E-state index contributed by atoms with van der Waals surface area (Å²) in [5, 5.41) is -7.04. The second kappa shape index (κ2) is 10.5. The smallest absolute Gasteiger partial charge is 0.460 e. The largest absolute Gasteiger partial charge is 0.496 e. The molecule has 3 aromatic rings. The second-order valence-electron chi connectivity index (χ2n) is 8.46. The van der Waals surface area contributed by atoms with Crippen LogP contribution in [0.4, 0.5) is 39.5 Å². The number of benzene rings is 3. The van der Waals surface area contributed by atoms with Crippen LogP contribution in [-0.4, -0.2) is 38.8 Å². The van der Waals surface area contributed by atoms with Gasteiger partial charge < -0.3 is 4.74 Å². The number of hydrogen-bond donors (Lipinski definition) is 0. The first-order chi connectivity index (χ1) is 18.3. The zero-order valence-electron chi connectivity index (χ0n) is 20.8. The number of halogens is 9.